The van der Waals surface area contributed by atoms with E-state index in [4.69, 9.17) is 0 Å². The van der Waals surface area contributed by atoms with Gasteiger partial charge in [0.1, 0.15) is 0 Å². The maximum atomic E-state index is 3.92. The standard InChI is InChI=1S/C28H56/c1-4-7-9-11-13-15-17-19-21-23-25-27-28(6-3)26-24-22-20-18-16-14-12-10-8-5-2/h28H,1-2,4-27H2,3H3. The third kappa shape index (κ3) is 22.3. The van der Waals surface area contributed by atoms with Crippen molar-refractivity contribution >= 4 is 0 Å². The summed E-state index contributed by atoms with van der Waals surface area (Å²) in [6.45, 7) is 10.2. The van der Waals surface area contributed by atoms with E-state index in [0.29, 0.717) is 0 Å². The SMILES string of the molecule is [CH2]CCCCCCCCCCCCC(CC)CCCCCCCCCCC[CH2]. The predicted octanol–water partition coefficient (Wildman–Crippen LogP) is 10.7. The molecule has 0 aliphatic heterocycles. The maximum absolute atomic E-state index is 3.92. The fourth-order valence-electron chi connectivity index (χ4n) is 4.42. The zero-order chi connectivity index (χ0) is 20.5. The summed E-state index contributed by atoms with van der Waals surface area (Å²) in [5.41, 5.74) is 0. The fraction of sp³-hybridized carbons (Fsp3) is 0.929. The summed E-state index contributed by atoms with van der Waals surface area (Å²) in [5, 5.41) is 0. The van der Waals surface area contributed by atoms with Crippen LogP contribution in [0, 0.1) is 19.8 Å². The molecular formula is C28H56. The Bertz CT molecular complexity index is 257. The van der Waals surface area contributed by atoms with Crippen LogP contribution >= 0.6 is 0 Å². The van der Waals surface area contributed by atoms with Crippen LogP contribution in [0.25, 0.3) is 0 Å². The Hall–Kier alpha value is 0. The fourth-order valence-corrected chi connectivity index (χ4v) is 4.42. The van der Waals surface area contributed by atoms with Gasteiger partial charge in [-0.2, -0.15) is 0 Å². The van der Waals surface area contributed by atoms with Crippen molar-refractivity contribution in [3.8, 4) is 0 Å². The van der Waals surface area contributed by atoms with Crippen molar-refractivity contribution in [3.05, 3.63) is 13.8 Å². The average Bonchev–Trinajstić information content (AvgIpc) is 2.71. The van der Waals surface area contributed by atoms with Crippen LogP contribution < -0.4 is 0 Å². The average molecular weight is 393 g/mol. The van der Waals surface area contributed by atoms with Crippen molar-refractivity contribution in [3.63, 3.8) is 0 Å². The summed E-state index contributed by atoms with van der Waals surface area (Å²) in [6, 6.07) is 0. The predicted molar refractivity (Wildman–Crippen MR) is 131 cm³/mol. The second-order valence-corrected chi connectivity index (χ2v) is 9.28. The van der Waals surface area contributed by atoms with Crippen LogP contribution in [0.5, 0.6) is 0 Å². The minimum absolute atomic E-state index is 1.01. The highest BCUT2D eigenvalue weighted by atomic mass is 14.1. The highest BCUT2D eigenvalue weighted by molar-refractivity contribution is 4.59. The van der Waals surface area contributed by atoms with Gasteiger partial charge in [-0.25, -0.2) is 0 Å². The van der Waals surface area contributed by atoms with Crippen LogP contribution in [-0.4, -0.2) is 0 Å². The number of rotatable bonds is 24. The Morgan fingerprint density at radius 3 is 0.893 bits per heavy atom. The lowest BCUT2D eigenvalue weighted by molar-refractivity contribution is 0.392. The first-order chi connectivity index (χ1) is 13.8. The second-order valence-electron chi connectivity index (χ2n) is 9.28. The summed E-state index contributed by atoms with van der Waals surface area (Å²) >= 11 is 0. The molecule has 2 radical (unpaired) electrons. The lowest BCUT2D eigenvalue weighted by Gasteiger charge is -2.14. The van der Waals surface area contributed by atoms with Crippen molar-refractivity contribution in [2.24, 2.45) is 5.92 Å². The molecule has 1 atom stereocenters. The van der Waals surface area contributed by atoms with Gasteiger partial charge in [-0.15, -0.1) is 0 Å². The van der Waals surface area contributed by atoms with E-state index < -0.39 is 0 Å². The Labute approximate surface area is 181 Å². The maximum Gasteiger partial charge on any atom is -0.0417 e. The normalized spacial score (nSPS) is 12.5. The molecule has 0 nitrogen and oxygen atoms in total. The molecule has 0 aromatic carbocycles. The van der Waals surface area contributed by atoms with Crippen LogP contribution in [0.15, 0.2) is 0 Å². The molecule has 0 spiro atoms. The topological polar surface area (TPSA) is 0 Å². The smallest absolute Gasteiger partial charge is 0.0417 e. The quantitative estimate of drug-likeness (QED) is 0.143. The Morgan fingerprint density at radius 2 is 0.643 bits per heavy atom. The number of hydrogen-bond donors (Lipinski definition) is 0. The van der Waals surface area contributed by atoms with Gasteiger partial charge >= 0.3 is 0 Å². The van der Waals surface area contributed by atoms with Crippen LogP contribution in [0.3, 0.4) is 0 Å². The van der Waals surface area contributed by atoms with E-state index >= 15 is 0 Å². The Morgan fingerprint density at radius 1 is 0.393 bits per heavy atom. The van der Waals surface area contributed by atoms with E-state index in [-0.39, 0.29) is 0 Å². The van der Waals surface area contributed by atoms with Crippen molar-refractivity contribution in [1.29, 1.82) is 0 Å². The van der Waals surface area contributed by atoms with Crippen LogP contribution in [0.2, 0.25) is 0 Å². The minimum Gasteiger partial charge on any atom is -0.0651 e. The van der Waals surface area contributed by atoms with E-state index in [1.165, 1.54) is 141 Å². The van der Waals surface area contributed by atoms with Gasteiger partial charge in [0.15, 0.2) is 0 Å². The summed E-state index contributed by atoms with van der Waals surface area (Å²) < 4.78 is 0. The Kier molecular flexibility index (Phi) is 25.0. The third-order valence-electron chi connectivity index (χ3n) is 6.55. The van der Waals surface area contributed by atoms with E-state index in [9.17, 15) is 0 Å². The zero-order valence-corrected chi connectivity index (χ0v) is 20.0. The van der Waals surface area contributed by atoms with E-state index in [1.807, 2.05) is 0 Å². The molecule has 0 aliphatic carbocycles. The molecule has 0 N–H and O–H groups in total. The first-order valence-corrected chi connectivity index (χ1v) is 13.4. The first kappa shape index (κ1) is 28.0. The van der Waals surface area contributed by atoms with Crippen LogP contribution in [-0.2, 0) is 0 Å². The van der Waals surface area contributed by atoms with Gasteiger partial charge in [-0.3, -0.25) is 0 Å². The van der Waals surface area contributed by atoms with E-state index in [2.05, 4.69) is 20.8 Å². The van der Waals surface area contributed by atoms with Gasteiger partial charge in [0.05, 0.1) is 0 Å². The van der Waals surface area contributed by atoms with E-state index in [0.717, 1.165) is 18.8 Å². The molecular weight excluding hydrogens is 336 g/mol. The lowest BCUT2D eigenvalue weighted by Crippen LogP contribution is -1.99. The van der Waals surface area contributed by atoms with Gasteiger partial charge in [0.25, 0.3) is 0 Å². The molecule has 0 heteroatoms. The molecule has 0 aromatic rings. The minimum atomic E-state index is 1.01. The number of hydrogen-bond acceptors (Lipinski definition) is 0. The molecule has 1 unspecified atom stereocenters. The van der Waals surface area contributed by atoms with Gasteiger partial charge in [-0.05, 0) is 5.92 Å². The highest BCUT2D eigenvalue weighted by Crippen LogP contribution is 2.22. The first-order valence-electron chi connectivity index (χ1n) is 13.4. The summed E-state index contributed by atoms with van der Waals surface area (Å²) in [6.07, 6.45) is 34.1. The van der Waals surface area contributed by atoms with Crippen molar-refractivity contribution in [2.75, 3.05) is 0 Å². The molecule has 168 valence electrons. The van der Waals surface area contributed by atoms with E-state index in [1.54, 1.807) is 0 Å². The molecule has 0 saturated carbocycles. The van der Waals surface area contributed by atoms with Crippen LogP contribution in [0.4, 0.5) is 0 Å². The molecule has 0 bridgehead atoms. The summed E-state index contributed by atoms with van der Waals surface area (Å²) in [7, 11) is 0. The monoisotopic (exact) mass is 392 g/mol. The molecule has 28 heavy (non-hydrogen) atoms. The van der Waals surface area contributed by atoms with Crippen molar-refractivity contribution < 1.29 is 0 Å². The van der Waals surface area contributed by atoms with Crippen LogP contribution in [0.1, 0.15) is 161 Å². The largest absolute Gasteiger partial charge is 0.0651 e. The second kappa shape index (κ2) is 25.0. The number of unbranched alkanes of at least 4 members (excludes halogenated alkanes) is 19. The molecule has 0 aliphatic rings. The summed E-state index contributed by atoms with van der Waals surface area (Å²) in [5.74, 6) is 1.01. The molecule has 0 saturated heterocycles. The molecule has 0 amide bonds. The van der Waals surface area contributed by atoms with Gasteiger partial charge in [0, 0.05) is 0 Å². The highest BCUT2D eigenvalue weighted by Gasteiger charge is 2.06. The van der Waals surface area contributed by atoms with Crippen molar-refractivity contribution in [1.82, 2.24) is 0 Å². The Balaban J connectivity index is 3.27. The summed E-state index contributed by atoms with van der Waals surface area (Å²) in [4.78, 5) is 0. The van der Waals surface area contributed by atoms with Crippen molar-refractivity contribution in [2.45, 2.75) is 161 Å². The molecule has 0 rings (SSSR count). The lowest BCUT2D eigenvalue weighted by atomic mass is 9.92. The zero-order valence-electron chi connectivity index (χ0n) is 20.0. The molecule has 0 fully saturated rings. The molecule has 0 aromatic heterocycles. The van der Waals surface area contributed by atoms with Gasteiger partial charge in [-0.1, -0.05) is 175 Å². The van der Waals surface area contributed by atoms with Gasteiger partial charge < -0.3 is 0 Å². The van der Waals surface area contributed by atoms with Gasteiger partial charge in [0.2, 0.25) is 0 Å². The molecule has 0 heterocycles. The third-order valence-corrected chi connectivity index (χ3v) is 6.55.